The predicted molar refractivity (Wildman–Crippen MR) is 130 cm³/mol. The van der Waals surface area contributed by atoms with Gasteiger partial charge in [-0.2, -0.15) is 0 Å². The van der Waals surface area contributed by atoms with Crippen LogP contribution in [0.2, 0.25) is 0 Å². The molecule has 138 valence electrons. The van der Waals surface area contributed by atoms with Crippen molar-refractivity contribution in [3.63, 3.8) is 0 Å². The first kappa shape index (κ1) is 25.2. The van der Waals surface area contributed by atoms with Gasteiger partial charge in [0.15, 0.2) is 0 Å². The number of rotatable bonds is 3. The van der Waals surface area contributed by atoms with Crippen LogP contribution in [0.1, 0.15) is 76.0 Å². The fourth-order valence-corrected chi connectivity index (χ4v) is 3.45. The Morgan fingerprint density at radius 3 is 1.33 bits per heavy atom. The van der Waals surface area contributed by atoms with E-state index in [9.17, 15) is 0 Å². The molecule has 1 unspecified atom stereocenters. The number of halogens is 2. The fourth-order valence-electron chi connectivity index (χ4n) is 2.43. The van der Waals surface area contributed by atoms with Gasteiger partial charge in [0.25, 0.3) is 0 Å². The molecule has 0 N–H and O–H groups in total. The van der Waals surface area contributed by atoms with E-state index in [0.29, 0.717) is 17.8 Å². The van der Waals surface area contributed by atoms with Gasteiger partial charge in [0.1, 0.15) is 0 Å². The molecule has 1 radical (unpaired) electrons. The van der Waals surface area contributed by atoms with Crippen molar-refractivity contribution < 1.29 is 10.1 Å². The first-order valence-electron chi connectivity index (χ1n) is 8.26. The topological polar surface area (TPSA) is 0 Å². The number of hydrogen-bond donors (Lipinski definition) is 0. The molecule has 0 amide bonds. The van der Waals surface area contributed by atoms with E-state index in [-0.39, 0.29) is 0 Å². The van der Waals surface area contributed by atoms with E-state index in [4.69, 9.17) is 0 Å². The van der Waals surface area contributed by atoms with E-state index < -0.39 is 0 Å². The summed E-state index contributed by atoms with van der Waals surface area (Å²) in [6.07, 6.45) is 10.0. The van der Waals surface area contributed by atoms with Crippen LogP contribution in [0.4, 0.5) is 0 Å². The van der Waals surface area contributed by atoms with Crippen LogP contribution in [0, 0.1) is 6.42 Å². The van der Waals surface area contributed by atoms with Gasteiger partial charge >= 0.3 is 49.6 Å². The van der Waals surface area contributed by atoms with E-state index in [1.165, 1.54) is 22.0 Å². The second-order valence-corrected chi connectivity index (χ2v) is 20.0. The van der Waals surface area contributed by atoms with Gasteiger partial charge in [-0.1, -0.05) is 78.0 Å². The van der Waals surface area contributed by atoms with Crippen LogP contribution >= 0.6 is 48.7 Å². The molecule has 1 aromatic carbocycles. The van der Waals surface area contributed by atoms with Crippen molar-refractivity contribution in [3.8, 4) is 0 Å². The molecule has 0 fully saturated rings. The second-order valence-electron chi connectivity index (χ2n) is 6.65. The normalized spacial score (nSPS) is 12.6. The summed E-state index contributed by atoms with van der Waals surface area (Å²) in [4.78, 5) is 0. The molecule has 1 aliphatic rings. The summed E-state index contributed by atoms with van der Waals surface area (Å²) in [6, 6.07) is 4.81. The molecule has 0 saturated heterocycles. The van der Waals surface area contributed by atoms with Crippen molar-refractivity contribution in [2.75, 3.05) is 0 Å². The van der Waals surface area contributed by atoms with E-state index in [0.717, 1.165) is 10.1 Å². The maximum atomic E-state index is 2.41. The van der Waals surface area contributed by atoms with Crippen LogP contribution in [-0.2, 0) is 10.1 Å². The van der Waals surface area contributed by atoms with Crippen molar-refractivity contribution >= 4 is 54.0 Å². The van der Waals surface area contributed by atoms with Crippen molar-refractivity contribution in [1.82, 2.24) is 0 Å². The zero-order valence-corrected chi connectivity index (χ0v) is 22.9. The van der Waals surface area contributed by atoms with E-state index in [1.807, 2.05) is 30.7 Å². The summed E-state index contributed by atoms with van der Waals surface area (Å²) in [5, 5.41) is 1.52. The van der Waals surface area contributed by atoms with Gasteiger partial charge in [0, 0.05) is 15.7 Å². The Morgan fingerprint density at radius 2 is 1.12 bits per heavy atom. The Kier molecular flexibility index (Phi) is 15.0. The zero-order chi connectivity index (χ0) is 18.7. The molecule has 2 rings (SSSR count). The Bertz CT molecular complexity index is 495. The number of hydrogen-bond acceptors (Lipinski definition) is 0. The average Bonchev–Trinajstić information content (AvgIpc) is 3.06. The van der Waals surface area contributed by atoms with Crippen LogP contribution in [0.5, 0.6) is 0 Å². The van der Waals surface area contributed by atoms with E-state index in [1.54, 1.807) is 0 Å². The standard InChI is InChI=1S/C15H25P.C5H5.2HI.Rh/c1-9(2)12-7-13(10(3)4)15(16)14(8-12)11(5)6;1-2-4-5-3-1;;;/h7-11H,16H2,1-6H3;1-5H;2*1H;/q;;;;+2/p-1. The Balaban J connectivity index is 0.000000542. The van der Waals surface area contributed by atoms with E-state index in [2.05, 4.69) is 102 Å². The van der Waals surface area contributed by atoms with Crippen LogP contribution in [0.25, 0.3) is 0 Å². The van der Waals surface area contributed by atoms with Crippen LogP contribution < -0.4 is 5.30 Å². The maximum absolute atomic E-state index is 2.41. The van der Waals surface area contributed by atoms with Gasteiger partial charge < -0.3 is 0 Å². The summed E-state index contributed by atoms with van der Waals surface area (Å²) in [6.45, 7) is 13.7. The molecule has 1 atom stereocenters. The van der Waals surface area contributed by atoms with Gasteiger partial charge in [-0.25, -0.2) is 0 Å². The summed E-state index contributed by atoms with van der Waals surface area (Å²) in [5.41, 5.74) is 4.56. The number of benzene rings is 1. The minimum absolute atomic E-state index is 0.624. The summed E-state index contributed by atoms with van der Waals surface area (Å²) >= 11 is 4.69. The van der Waals surface area contributed by atoms with Gasteiger partial charge in [0.05, 0.1) is 5.30 Å². The van der Waals surface area contributed by atoms with Crippen molar-refractivity contribution in [1.29, 1.82) is 0 Å². The molecule has 0 aliphatic heterocycles. The third-order valence-corrected chi connectivity index (χ3v) is 4.62. The van der Waals surface area contributed by atoms with Gasteiger partial charge in [-0.3, -0.25) is 0 Å². The third kappa shape index (κ3) is 9.79. The van der Waals surface area contributed by atoms with Gasteiger partial charge in [0.2, 0.25) is 0 Å². The zero-order valence-electron chi connectivity index (χ0n) is 15.6. The number of allylic oxidation sites excluding steroid dienone is 4. The van der Waals surface area contributed by atoms with Crippen molar-refractivity contribution in [2.45, 2.75) is 59.3 Å². The Morgan fingerprint density at radius 1 is 0.750 bits per heavy atom. The molecule has 4 heteroatoms. The molecule has 0 heterocycles. The van der Waals surface area contributed by atoms with Crippen LogP contribution in [-0.4, -0.2) is 0 Å². The minimum atomic E-state index is 0.624. The van der Waals surface area contributed by atoms with Crippen LogP contribution in [0.15, 0.2) is 36.4 Å². The molecule has 24 heavy (non-hydrogen) atoms. The molecule has 0 nitrogen and oxygen atoms in total. The van der Waals surface area contributed by atoms with Gasteiger partial charge in [-0.05, 0) is 34.4 Å². The van der Waals surface area contributed by atoms with Gasteiger partial charge in [-0.15, -0.1) is 0 Å². The molecule has 1 aliphatic carbocycles. The molecule has 0 aromatic heterocycles. The summed E-state index contributed by atoms with van der Waals surface area (Å²) in [7, 11) is 2.82. The molecule has 0 saturated carbocycles. The van der Waals surface area contributed by atoms with Crippen LogP contribution in [0.3, 0.4) is 0 Å². The summed E-state index contributed by atoms with van der Waals surface area (Å²) < 4.78 is 0. The first-order valence-corrected chi connectivity index (χ1v) is 18.7. The quantitative estimate of drug-likeness (QED) is 0.181. The van der Waals surface area contributed by atoms with Crippen molar-refractivity contribution in [2.24, 2.45) is 0 Å². The second kappa shape index (κ2) is 14.3. The average molecular weight is 659 g/mol. The molecule has 1 aromatic rings. The molecule has 0 spiro atoms. The predicted octanol–water partition coefficient (Wildman–Crippen LogP) is 7.38. The van der Waals surface area contributed by atoms with Crippen molar-refractivity contribution in [3.05, 3.63) is 59.5 Å². The van der Waals surface area contributed by atoms with E-state index >= 15 is 0 Å². The molecular formula is C20H31I2PRh+. The first-order chi connectivity index (χ1) is 11.3. The molecule has 0 bridgehead atoms. The SMILES string of the molecule is CC(C)c1cc(C(C)C)c([PH3+])c(C(C)C)c1.[CH]1C=CC=C1.[I][Rh][I]. The molecular weight excluding hydrogens is 628 g/mol. The fraction of sp³-hybridized carbons (Fsp3) is 0.450. The summed E-state index contributed by atoms with van der Waals surface area (Å²) in [5.74, 6) is 1.88. The monoisotopic (exact) mass is 659 g/mol. The Labute approximate surface area is 181 Å². The Hall–Kier alpha value is 1.21. The third-order valence-electron chi connectivity index (χ3n) is 3.81.